The van der Waals surface area contributed by atoms with E-state index in [9.17, 15) is 4.79 Å². The number of aromatic amines is 1. The van der Waals surface area contributed by atoms with Gasteiger partial charge in [-0.2, -0.15) is 9.78 Å². The van der Waals surface area contributed by atoms with Gasteiger partial charge in [-0.15, -0.1) is 0 Å². The Morgan fingerprint density at radius 3 is 2.64 bits per heavy atom. The quantitative estimate of drug-likeness (QED) is 0.489. The number of aromatic nitrogens is 5. The fourth-order valence-corrected chi connectivity index (χ4v) is 3.44. The Bertz CT molecular complexity index is 1210. The van der Waals surface area contributed by atoms with Crippen molar-refractivity contribution in [2.24, 2.45) is 0 Å². The molecule has 0 spiro atoms. The van der Waals surface area contributed by atoms with Gasteiger partial charge >= 0.3 is 0 Å². The predicted octanol–water partition coefficient (Wildman–Crippen LogP) is 1.70. The smallest absolute Gasteiger partial charge is 0.258 e. The molecule has 1 atom stereocenters. The van der Waals surface area contributed by atoms with E-state index in [1.807, 2.05) is 53.1 Å². The normalized spacial score (nSPS) is 12.3. The Kier molecular flexibility index (Phi) is 5.14. The minimum atomic E-state index is -0.110. The van der Waals surface area contributed by atoms with Crippen molar-refractivity contribution >= 4 is 23.1 Å². The molecule has 0 amide bonds. The molecule has 2 aromatic heterocycles. The van der Waals surface area contributed by atoms with Crippen LogP contribution in [0.15, 0.2) is 65.7 Å². The third-order valence-corrected chi connectivity index (χ3v) is 5.13. The number of quaternary nitrogens is 1. The number of nitrogens with one attached hydrogen (secondary N) is 2. The molecule has 7 nitrogen and oxygen atoms in total. The largest absolute Gasteiger partial charge is 0.310 e. The zero-order chi connectivity index (χ0) is 19.5. The predicted molar refractivity (Wildman–Crippen MR) is 110 cm³/mol. The molecule has 0 aliphatic carbocycles. The number of fused-ring (bicyclic) bond motifs is 1. The average Bonchev–Trinajstić information content (AvgIpc) is 3.08. The summed E-state index contributed by atoms with van der Waals surface area (Å²) < 4.78 is 4.33. The Labute approximate surface area is 166 Å². The molecule has 0 radical (unpaired) electrons. The van der Waals surface area contributed by atoms with Crippen LogP contribution in [0.1, 0.15) is 12.7 Å². The van der Waals surface area contributed by atoms with Gasteiger partial charge in [0, 0.05) is 5.69 Å². The highest BCUT2D eigenvalue weighted by molar-refractivity contribution is 7.71. The van der Waals surface area contributed by atoms with Gasteiger partial charge in [0.2, 0.25) is 4.77 Å². The van der Waals surface area contributed by atoms with Crippen molar-refractivity contribution in [1.82, 2.24) is 24.3 Å². The summed E-state index contributed by atoms with van der Waals surface area (Å²) in [5.74, 6) is 0.662. The van der Waals surface area contributed by atoms with Crippen LogP contribution in [0.4, 0.5) is 0 Å². The number of nitrogens with zero attached hydrogens (tertiary/aromatic N) is 4. The monoisotopic (exact) mass is 393 g/mol. The van der Waals surface area contributed by atoms with E-state index in [1.165, 1.54) is 4.90 Å². The minimum absolute atomic E-state index is 0.110. The second-order valence-corrected chi connectivity index (χ2v) is 6.95. The Hall–Kier alpha value is -3.10. The van der Waals surface area contributed by atoms with E-state index >= 15 is 0 Å². The molecule has 0 aliphatic rings. The van der Waals surface area contributed by atoms with Gasteiger partial charge in [0.05, 0.1) is 17.4 Å². The highest BCUT2D eigenvalue weighted by Gasteiger charge is 2.14. The van der Waals surface area contributed by atoms with Crippen LogP contribution in [0.25, 0.3) is 16.6 Å². The molecular weight excluding hydrogens is 372 g/mol. The lowest BCUT2D eigenvalue weighted by atomic mass is 10.2. The first kappa shape index (κ1) is 18.3. The Morgan fingerprint density at radius 2 is 1.86 bits per heavy atom. The van der Waals surface area contributed by atoms with Crippen LogP contribution < -0.4 is 10.5 Å². The van der Waals surface area contributed by atoms with Crippen molar-refractivity contribution in [3.8, 4) is 5.69 Å². The van der Waals surface area contributed by atoms with Crippen molar-refractivity contribution in [2.75, 3.05) is 6.54 Å². The number of benzene rings is 2. The number of hydrogen-bond acceptors (Lipinski definition) is 4. The van der Waals surface area contributed by atoms with E-state index in [0.717, 1.165) is 12.2 Å². The number of rotatable bonds is 6. The molecule has 4 aromatic rings. The first-order valence-corrected chi connectivity index (χ1v) is 9.58. The highest BCUT2D eigenvalue weighted by Crippen LogP contribution is 2.07. The Balaban J connectivity index is 1.57. The van der Waals surface area contributed by atoms with Gasteiger partial charge in [-0.3, -0.25) is 9.36 Å². The summed E-state index contributed by atoms with van der Waals surface area (Å²) in [4.78, 5) is 21.0. The number of para-hydroxylation sites is 2. The minimum Gasteiger partial charge on any atom is -0.310 e. The van der Waals surface area contributed by atoms with Crippen molar-refractivity contribution < 1.29 is 4.90 Å². The van der Waals surface area contributed by atoms with Crippen LogP contribution in [0.2, 0.25) is 0 Å². The maximum Gasteiger partial charge on any atom is 0.258 e. The lowest BCUT2D eigenvalue weighted by Gasteiger charge is -2.17. The molecule has 0 saturated carbocycles. The summed E-state index contributed by atoms with van der Waals surface area (Å²) in [6, 6.07) is 17.3. The van der Waals surface area contributed by atoms with E-state index in [0.29, 0.717) is 34.7 Å². The molecule has 0 fully saturated rings. The molecule has 2 aromatic carbocycles. The summed E-state index contributed by atoms with van der Waals surface area (Å²) in [5.41, 5.74) is 1.58. The Morgan fingerprint density at radius 1 is 1.11 bits per heavy atom. The lowest BCUT2D eigenvalue weighted by Crippen LogP contribution is -3.09. The van der Waals surface area contributed by atoms with Crippen LogP contribution in [0, 0.1) is 4.77 Å². The van der Waals surface area contributed by atoms with E-state index in [-0.39, 0.29) is 5.56 Å². The molecule has 2 heterocycles. The summed E-state index contributed by atoms with van der Waals surface area (Å²) in [6.07, 6.45) is 1.74. The third kappa shape index (κ3) is 3.64. The molecule has 0 bridgehead atoms. The molecular formula is C20H21N6OS+. The van der Waals surface area contributed by atoms with E-state index in [2.05, 4.69) is 22.0 Å². The molecule has 8 heteroatoms. The van der Waals surface area contributed by atoms with Crippen LogP contribution >= 0.6 is 12.2 Å². The SMILES string of the molecule is CC[NH+](Cc1nc2ccccc2c(=O)[nH]1)Cn1ncn(-c2ccccc2)c1=S. The molecule has 4 rings (SSSR count). The second kappa shape index (κ2) is 7.87. The summed E-state index contributed by atoms with van der Waals surface area (Å²) in [7, 11) is 0. The van der Waals surface area contributed by atoms with Crippen molar-refractivity contribution in [1.29, 1.82) is 0 Å². The fourth-order valence-electron chi connectivity index (χ4n) is 3.17. The van der Waals surface area contributed by atoms with Crippen molar-refractivity contribution in [3.05, 3.63) is 81.9 Å². The van der Waals surface area contributed by atoms with E-state index < -0.39 is 0 Å². The molecule has 142 valence electrons. The molecule has 28 heavy (non-hydrogen) atoms. The van der Waals surface area contributed by atoms with Crippen molar-refractivity contribution in [2.45, 2.75) is 20.1 Å². The van der Waals surface area contributed by atoms with Gasteiger partial charge in [-0.25, -0.2) is 4.98 Å². The average molecular weight is 393 g/mol. The zero-order valence-corrected chi connectivity index (χ0v) is 16.3. The van der Waals surface area contributed by atoms with Crippen LogP contribution in [-0.2, 0) is 13.2 Å². The molecule has 2 N–H and O–H groups in total. The first-order valence-electron chi connectivity index (χ1n) is 9.17. The maximum atomic E-state index is 12.3. The van der Waals surface area contributed by atoms with E-state index in [4.69, 9.17) is 12.2 Å². The third-order valence-electron chi connectivity index (χ3n) is 4.72. The van der Waals surface area contributed by atoms with Crippen LogP contribution in [-0.4, -0.2) is 30.9 Å². The van der Waals surface area contributed by atoms with E-state index in [1.54, 1.807) is 17.1 Å². The molecule has 0 aliphatic heterocycles. The van der Waals surface area contributed by atoms with Gasteiger partial charge in [0.15, 0.2) is 12.5 Å². The number of hydrogen-bond donors (Lipinski definition) is 2. The highest BCUT2D eigenvalue weighted by atomic mass is 32.1. The first-order chi connectivity index (χ1) is 13.7. The number of H-pyrrole nitrogens is 1. The summed E-state index contributed by atoms with van der Waals surface area (Å²) >= 11 is 5.60. The van der Waals surface area contributed by atoms with Crippen LogP contribution in [0.3, 0.4) is 0 Å². The van der Waals surface area contributed by atoms with Gasteiger partial charge in [-0.05, 0) is 43.4 Å². The second-order valence-electron chi connectivity index (χ2n) is 6.59. The maximum absolute atomic E-state index is 12.3. The van der Waals surface area contributed by atoms with Gasteiger partial charge in [0.25, 0.3) is 5.56 Å². The summed E-state index contributed by atoms with van der Waals surface area (Å²) in [5, 5.41) is 5.06. The van der Waals surface area contributed by atoms with Gasteiger partial charge in [-0.1, -0.05) is 30.3 Å². The molecule has 1 unspecified atom stereocenters. The van der Waals surface area contributed by atoms with Crippen molar-refractivity contribution in [3.63, 3.8) is 0 Å². The lowest BCUT2D eigenvalue weighted by molar-refractivity contribution is -0.935. The van der Waals surface area contributed by atoms with Crippen LogP contribution in [0.5, 0.6) is 0 Å². The standard InChI is InChI=1S/C20H20N6OS/c1-2-24(12-18-22-17-11-7-6-10-16(17)19(27)23-18)14-26-20(28)25(13-21-26)15-8-4-3-5-9-15/h3-11,13H,2,12,14H2,1H3,(H,22,23,27)/p+1. The fraction of sp³-hybridized carbons (Fsp3) is 0.200. The van der Waals surface area contributed by atoms with Gasteiger partial charge in [0.1, 0.15) is 12.9 Å². The zero-order valence-electron chi connectivity index (χ0n) is 15.5. The van der Waals surface area contributed by atoms with Gasteiger partial charge < -0.3 is 9.88 Å². The molecule has 0 saturated heterocycles. The summed E-state index contributed by atoms with van der Waals surface area (Å²) in [6.45, 7) is 4.10. The topological polar surface area (TPSA) is 72.9 Å².